The van der Waals surface area contributed by atoms with E-state index in [2.05, 4.69) is 29.7 Å². The largest absolute Gasteiger partial charge is 1.00 e. The van der Waals surface area contributed by atoms with E-state index in [1.165, 1.54) is 35.7 Å². The summed E-state index contributed by atoms with van der Waals surface area (Å²) < 4.78 is 2.46. The molecule has 2 heterocycles. The fourth-order valence-corrected chi connectivity index (χ4v) is 5.11. The summed E-state index contributed by atoms with van der Waals surface area (Å²) in [5.74, 6) is 0.496. The first-order valence-electron chi connectivity index (χ1n) is 8.11. The summed E-state index contributed by atoms with van der Waals surface area (Å²) in [6, 6.07) is 8.35. The molecule has 5 heteroatoms. The maximum Gasteiger partial charge on any atom is 0.248 e. The van der Waals surface area contributed by atoms with Crippen molar-refractivity contribution in [2.75, 3.05) is 11.4 Å². The van der Waals surface area contributed by atoms with Gasteiger partial charge in [0.2, 0.25) is 22.3 Å². The minimum absolute atomic E-state index is 0. The Bertz CT molecular complexity index is 755. The van der Waals surface area contributed by atoms with Crippen molar-refractivity contribution in [1.82, 2.24) is 0 Å². The second kappa shape index (κ2) is 6.25. The number of amides is 1. The lowest BCUT2D eigenvalue weighted by Crippen LogP contribution is -3.00. The quantitative estimate of drug-likeness (QED) is 0.632. The number of para-hydroxylation sites is 2. The first kappa shape index (κ1) is 16.5. The van der Waals surface area contributed by atoms with Crippen LogP contribution in [-0.2, 0) is 17.6 Å². The van der Waals surface area contributed by atoms with E-state index in [-0.39, 0.29) is 18.3 Å². The van der Waals surface area contributed by atoms with Crippen LogP contribution in [0.15, 0.2) is 24.3 Å². The number of aryl methyl sites for hydroxylation is 1. The maximum absolute atomic E-state index is 12.1. The van der Waals surface area contributed by atoms with Gasteiger partial charge in [0.15, 0.2) is 0 Å². The molecule has 1 aromatic heterocycles. The van der Waals surface area contributed by atoms with E-state index in [4.69, 9.17) is 0 Å². The summed E-state index contributed by atoms with van der Waals surface area (Å²) in [6.45, 7) is 4.68. The average Bonchev–Trinajstić information content (AvgIpc) is 2.86. The molecular weight excluding hydrogens is 328 g/mol. The minimum Gasteiger partial charge on any atom is -1.00 e. The molecule has 1 atom stereocenters. The normalized spacial score (nSPS) is 19.0. The first-order chi connectivity index (χ1) is 10.7. The van der Waals surface area contributed by atoms with Gasteiger partial charge < -0.3 is 17.3 Å². The van der Waals surface area contributed by atoms with E-state index >= 15 is 0 Å². The Kier molecular flexibility index (Phi) is 4.47. The topological polar surface area (TPSA) is 24.2 Å². The molecule has 4 rings (SSSR count). The lowest BCUT2D eigenvalue weighted by Gasteiger charge is -2.20. The van der Waals surface area contributed by atoms with Crippen molar-refractivity contribution in [3.05, 3.63) is 39.8 Å². The van der Waals surface area contributed by atoms with E-state index < -0.39 is 0 Å². The summed E-state index contributed by atoms with van der Waals surface area (Å²) in [5.41, 5.74) is 3.71. The van der Waals surface area contributed by atoms with Crippen molar-refractivity contribution in [2.45, 2.75) is 45.4 Å². The fourth-order valence-electron chi connectivity index (χ4n) is 3.73. The Balaban J connectivity index is 0.00000156. The Morgan fingerprint density at radius 2 is 2.00 bits per heavy atom. The molecule has 122 valence electrons. The van der Waals surface area contributed by atoms with Crippen LogP contribution in [0.5, 0.6) is 0 Å². The van der Waals surface area contributed by atoms with Crippen LogP contribution in [0.4, 0.5) is 5.69 Å². The molecule has 1 amide bonds. The zero-order valence-corrected chi connectivity index (χ0v) is 15.1. The number of halogens is 1. The molecular formula is C18H21ClN2OS. The number of benzene rings is 1. The van der Waals surface area contributed by atoms with Gasteiger partial charge in [-0.15, -0.1) is 4.57 Å². The molecule has 0 radical (unpaired) electrons. The molecule has 0 bridgehead atoms. The molecule has 1 aromatic carbocycles. The van der Waals surface area contributed by atoms with Crippen LogP contribution in [0.3, 0.4) is 0 Å². The third-order valence-electron chi connectivity index (χ3n) is 4.78. The van der Waals surface area contributed by atoms with Crippen molar-refractivity contribution in [1.29, 1.82) is 0 Å². The SMILES string of the molecule is CC(=O)N1CC(C)c2sc3c([n+]2-c2ccccc21)CCCC3.[Cl-]. The van der Waals surface area contributed by atoms with E-state index in [9.17, 15) is 4.79 Å². The van der Waals surface area contributed by atoms with Gasteiger partial charge in [0.25, 0.3) is 0 Å². The molecule has 0 fully saturated rings. The van der Waals surface area contributed by atoms with E-state index in [0.717, 1.165) is 18.7 Å². The van der Waals surface area contributed by atoms with Crippen LogP contribution < -0.4 is 21.9 Å². The molecule has 1 aliphatic carbocycles. The number of carbonyl (C=O) groups is 1. The highest BCUT2D eigenvalue weighted by Crippen LogP contribution is 2.36. The standard InChI is InChI=1S/C18H21N2OS.ClH/c1-12-11-19(13(2)21)14-7-3-4-8-15(14)20-16-9-5-6-10-17(16)22-18(12)20;/h3-4,7-8,12H,5-6,9-11H2,1-2H3;1H/q+1;/p-1. The van der Waals surface area contributed by atoms with Crippen molar-refractivity contribution in [3.63, 3.8) is 0 Å². The number of fused-ring (bicyclic) bond motifs is 5. The fraction of sp³-hybridized carbons (Fsp3) is 0.444. The molecule has 2 aromatic rings. The molecule has 0 saturated carbocycles. The lowest BCUT2D eigenvalue weighted by atomic mass is 10.0. The number of thiazole rings is 1. The Labute approximate surface area is 147 Å². The van der Waals surface area contributed by atoms with E-state index in [0.29, 0.717) is 5.92 Å². The van der Waals surface area contributed by atoms with E-state index in [1.807, 2.05) is 22.3 Å². The van der Waals surface area contributed by atoms with Crippen LogP contribution >= 0.6 is 11.3 Å². The van der Waals surface area contributed by atoms with Crippen molar-refractivity contribution >= 4 is 22.9 Å². The Morgan fingerprint density at radius 3 is 2.78 bits per heavy atom. The van der Waals surface area contributed by atoms with Gasteiger partial charge >= 0.3 is 0 Å². The van der Waals surface area contributed by atoms with Gasteiger partial charge in [-0.25, -0.2) is 0 Å². The van der Waals surface area contributed by atoms with Gasteiger partial charge in [0.1, 0.15) is 5.69 Å². The summed E-state index contributed by atoms with van der Waals surface area (Å²) in [4.78, 5) is 15.6. The zero-order chi connectivity index (χ0) is 15.3. The molecule has 0 saturated heterocycles. The first-order valence-corrected chi connectivity index (χ1v) is 8.92. The predicted octanol–water partition coefficient (Wildman–Crippen LogP) is 0.378. The molecule has 1 aliphatic heterocycles. The molecule has 1 unspecified atom stereocenters. The maximum atomic E-state index is 12.1. The highest BCUT2D eigenvalue weighted by Gasteiger charge is 2.38. The van der Waals surface area contributed by atoms with Gasteiger partial charge in [-0.3, -0.25) is 4.79 Å². The van der Waals surface area contributed by atoms with Gasteiger partial charge in [0.05, 0.1) is 10.8 Å². The predicted molar refractivity (Wildman–Crippen MR) is 88.9 cm³/mol. The Morgan fingerprint density at radius 1 is 1.26 bits per heavy atom. The summed E-state index contributed by atoms with van der Waals surface area (Å²) in [6.07, 6.45) is 4.96. The second-order valence-corrected chi connectivity index (χ2v) is 7.49. The molecule has 0 N–H and O–H groups in total. The number of rotatable bonds is 0. The van der Waals surface area contributed by atoms with Crippen molar-refractivity contribution in [3.8, 4) is 5.69 Å². The summed E-state index contributed by atoms with van der Waals surface area (Å²) in [7, 11) is 0. The second-order valence-electron chi connectivity index (χ2n) is 6.37. The molecule has 2 aliphatic rings. The van der Waals surface area contributed by atoms with Crippen LogP contribution in [0.25, 0.3) is 5.69 Å². The van der Waals surface area contributed by atoms with Crippen molar-refractivity contribution < 1.29 is 21.8 Å². The van der Waals surface area contributed by atoms with Crippen LogP contribution in [0.2, 0.25) is 0 Å². The number of nitrogens with zero attached hydrogens (tertiary/aromatic N) is 2. The van der Waals surface area contributed by atoms with Gasteiger partial charge in [-0.2, -0.15) is 0 Å². The molecule has 23 heavy (non-hydrogen) atoms. The smallest absolute Gasteiger partial charge is 0.248 e. The highest BCUT2D eigenvalue weighted by atomic mass is 35.5. The lowest BCUT2D eigenvalue weighted by molar-refractivity contribution is -0.607. The third-order valence-corrected chi connectivity index (χ3v) is 6.26. The van der Waals surface area contributed by atoms with E-state index in [1.54, 1.807) is 11.8 Å². The Hall–Kier alpha value is -1.39. The summed E-state index contributed by atoms with van der Waals surface area (Å²) in [5, 5.41) is 1.41. The average molecular weight is 349 g/mol. The number of carbonyl (C=O) groups excluding carboxylic acids is 1. The summed E-state index contributed by atoms with van der Waals surface area (Å²) >= 11 is 1.96. The van der Waals surface area contributed by atoms with Crippen LogP contribution in [-0.4, -0.2) is 12.5 Å². The number of hydrogen-bond acceptors (Lipinski definition) is 2. The monoisotopic (exact) mass is 348 g/mol. The number of hydrogen-bond donors (Lipinski definition) is 0. The van der Waals surface area contributed by atoms with Crippen molar-refractivity contribution in [2.24, 2.45) is 0 Å². The van der Waals surface area contributed by atoms with Gasteiger partial charge in [0, 0.05) is 26.0 Å². The van der Waals surface area contributed by atoms with Crippen LogP contribution in [0.1, 0.15) is 48.2 Å². The molecule has 3 nitrogen and oxygen atoms in total. The highest BCUT2D eigenvalue weighted by molar-refractivity contribution is 7.11. The number of aromatic nitrogens is 1. The minimum atomic E-state index is 0. The molecule has 0 spiro atoms. The van der Waals surface area contributed by atoms with Crippen LogP contribution in [0, 0.1) is 0 Å². The van der Waals surface area contributed by atoms with Gasteiger partial charge in [-0.1, -0.05) is 23.5 Å². The zero-order valence-electron chi connectivity index (χ0n) is 13.5. The third kappa shape index (κ3) is 2.58. The number of anilines is 1. The van der Waals surface area contributed by atoms with Gasteiger partial charge in [-0.05, 0) is 32.3 Å².